The molecule has 0 aromatic heterocycles. The number of nitrogens with two attached hydrogens (primary N) is 2. The number of aliphatic hydroxyl groups is 2. The number of carbonyl (C=O) groups excluding carboxylic acids is 2. The molecule has 9 heteroatoms. The van der Waals surface area contributed by atoms with E-state index in [1.807, 2.05) is 0 Å². The Labute approximate surface area is 272 Å². The van der Waals surface area contributed by atoms with Gasteiger partial charge in [-0.25, -0.2) is 0 Å². The third-order valence-corrected chi connectivity index (χ3v) is 12.3. The summed E-state index contributed by atoms with van der Waals surface area (Å²) in [5.74, 6) is 3.34. The molecule has 1 saturated heterocycles. The number of ether oxygens (including phenoxy) is 3. The van der Waals surface area contributed by atoms with Crippen LogP contribution in [0.4, 0.5) is 0 Å². The molecule has 0 aromatic carbocycles. The van der Waals surface area contributed by atoms with E-state index >= 15 is 0 Å². The van der Waals surface area contributed by atoms with Crippen LogP contribution in [0.3, 0.4) is 0 Å². The van der Waals surface area contributed by atoms with Gasteiger partial charge in [-0.05, 0) is 117 Å². The van der Waals surface area contributed by atoms with Gasteiger partial charge in [-0.3, -0.25) is 15.3 Å². The standard InChI is InChI=1S/C36H64N2O7/c1-21(2)31-9-6-24-12-25(20-39)14-29(15-28(31)13-24)34(45-23(4)41)18-30(44-22(3)40)8-7-26-16-35(43-5)33(42)19-32(26)27-10-11-38-36(37)17-27/h21,24-36,38-39,42H,6-20,37H2,1-5H3/p+1/t24-,25+,26?,27?,28?,29-,30+,31-,32?,33?,34+,35?,36?/m0/s1. The Balaban J connectivity index is 1.52. The van der Waals surface area contributed by atoms with Crippen molar-refractivity contribution in [1.29, 1.82) is 0 Å². The molecule has 3 aliphatic carbocycles. The highest BCUT2D eigenvalue weighted by Gasteiger charge is 2.43. The number of hydrogen-bond acceptors (Lipinski definition) is 8. The van der Waals surface area contributed by atoms with Crippen molar-refractivity contribution in [3.05, 3.63) is 0 Å². The van der Waals surface area contributed by atoms with Gasteiger partial charge in [-0.2, -0.15) is 0 Å². The molecule has 1 heterocycles. The second-order valence-corrected chi connectivity index (χ2v) is 15.8. The molecule has 6 N–H and O–H groups in total. The predicted octanol–water partition coefficient (Wildman–Crippen LogP) is 3.78. The van der Waals surface area contributed by atoms with Crippen LogP contribution in [0.2, 0.25) is 0 Å². The quantitative estimate of drug-likeness (QED) is 0.237. The van der Waals surface area contributed by atoms with Gasteiger partial charge < -0.3 is 29.7 Å². The molecule has 1 aliphatic heterocycles. The van der Waals surface area contributed by atoms with Gasteiger partial charge in [0, 0.05) is 40.4 Å². The average molecular weight is 638 g/mol. The monoisotopic (exact) mass is 637 g/mol. The van der Waals surface area contributed by atoms with E-state index in [2.05, 4.69) is 19.2 Å². The van der Waals surface area contributed by atoms with Gasteiger partial charge in [0.15, 0.2) is 0 Å². The lowest BCUT2D eigenvalue weighted by Crippen LogP contribution is -2.94. The molecule has 4 rings (SSSR count). The van der Waals surface area contributed by atoms with Crippen LogP contribution in [0.1, 0.15) is 111 Å². The van der Waals surface area contributed by atoms with Crippen molar-refractivity contribution in [2.75, 3.05) is 20.3 Å². The molecule has 9 nitrogen and oxygen atoms in total. The van der Waals surface area contributed by atoms with E-state index in [1.54, 1.807) is 7.11 Å². The number of hydrogen-bond donors (Lipinski definition) is 4. The van der Waals surface area contributed by atoms with Crippen LogP contribution in [0, 0.1) is 53.3 Å². The van der Waals surface area contributed by atoms with Crippen molar-refractivity contribution < 1.29 is 39.3 Å². The van der Waals surface area contributed by atoms with Gasteiger partial charge >= 0.3 is 11.9 Å². The van der Waals surface area contributed by atoms with Gasteiger partial charge in [0.2, 0.25) is 0 Å². The van der Waals surface area contributed by atoms with E-state index in [0.717, 1.165) is 51.5 Å². The Hall–Kier alpha value is -1.26. The highest BCUT2D eigenvalue weighted by molar-refractivity contribution is 5.66. The molecule has 0 spiro atoms. The third-order valence-electron chi connectivity index (χ3n) is 12.3. The lowest BCUT2D eigenvalue weighted by Gasteiger charge is -2.45. The summed E-state index contributed by atoms with van der Waals surface area (Å²) in [5.41, 5.74) is 6.35. The fourth-order valence-electron chi connectivity index (χ4n) is 10.2. The second-order valence-electron chi connectivity index (χ2n) is 15.8. The molecule has 4 aliphatic rings. The normalized spacial score (nSPS) is 38.9. The molecule has 0 radical (unpaired) electrons. The number of piperidine rings is 1. The number of quaternary nitrogens is 1. The first-order valence-corrected chi connectivity index (χ1v) is 18.2. The Kier molecular flexibility index (Phi) is 14.0. The van der Waals surface area contributed by atoms with E-state index in [4.69, 9.17) is 19.9 Å². The number of carbonyl (C=O) groups is 2. The first-order chi connectivity index (χ1) is 21.5. The number of aliphatic hydroxyl groups excluding tert-OH is 2. The first-order valence-electron chi connectivity index (χ1n) is 18.2. The molecule has 4 fully saturated rings. The number of fused-ring (bicyclic) bond motifs is 2. The van der Waals surface area contributed by atoms with Crippen LogP contribution in [0.25, 0.3) is 0 Å². The van der Waals surface area contributed by atoms with Crippen molar-refractivity contribution in [2.45, 2.75) is 142 Å². The molecule has 2 bridgehead atoms. The van der Waals surface area contributed by atoms with Crippen molar-refractivity contribution in [3.8, 4) is 0 Å². The van der Waals surface area contributed by atoms with Gasteiger partial charge in [0.05, 0.1) is 18.8 Å². The summed E-state index contributed by atoms with van der Waals surface area (Å²) < 4.78 is 17.8. The van der Waals surface area contributed by atoms with E-state index < -0.39 is 6.10 Å². The van der Waals surface area contributed by atoms with Crippen molar-refractivity contribution >= 4 is 11.9 Å². The Morgan fingerprint density at radius 3 is 2.33 bits per heavy atom. The lowest BCUT2D eigenvalue weighted by atomic mass is 9.62. The fourth-order valence-corrected chi connectivity index (χ4v) is 10.2. The van der Waals surface area contributed by atoms with Crippen molar-refractivity contribution in [3.63, 3.8) is 0 Å². The van der Waals surface area contributed by atoms with Gasteiger partial charge in [-0.15, -0.1) is 0 Å². The van der Waals surface area contributed by atoms with Gasteiger partial charge in [0.1, 0.15) is 18.4 Å². The van der Waals surface area contributed by atoms with Crippen LogP contribution in [-0.4, -0.2) is 73.0 Å². The zero-order valence-corrected chi connectivity index (χ0v) is 28.8. The summed E-state index contributed by atoms with van der Waals surface area (Å²) in [6.07, 6.45) is 10.7. The SMILES string of the molecule is COC1CC(CC[C@H](C[C@@H](OC(C)=O)[C@@H]2CC3C[C@@H](CC[C@H]3C(C)C)C[C@@H](CO)C2)OC(C)=O)C(C2CC[NH2+]C(N)C2)CC1O. The summed E-state index contributed by atoms with van der Waals surface area (Å²) in [6.45, 7) is 8.77. The maximum absolute atomic E-state index is 12.5. The summed E-state index contributed by atoms with van der Waals surface area (Å²) in [5, 5.41) is 23.5. The third kappa shape index (κ3) is 10.4. The van der Waals surface area contributed by atoms with Crippen molar-refractivity contribution in [2.24, 2.45) is 59.0 Å². The van der Waals surface area contributed by atoms with Crippen LogP contribution >= 0.6 is 0 Å². The molecule has 13 atom stereocenters. The van der Waals surface area contributed by atoms with Crippen molar-refractivity contribution in [1.82, 2.24) is 0 Å². The van der Waals surface area contributed by atoms with Crippen LogP contribution in [0.15, 0.2) is 0 Å². The van der Waals surface area contributed by atoms with E-state index in [9.17, 15) is 19.8 Å². The Morgan fingerprint density at radius 2 is 1.69 bits per heavy atom. The molecule has 3 saturated carbocycles. The highest BCUT2D eigenvalue weighted by atomic mass is 16.6. The molecule has 0 aromatic rings. The predicted molar refractivity (Wildman–Crippen MR) is 173 cm³/mol. The number of esters is 2. The zero-order chi connectivity index (χ0) is 32.7. The number of rotatable bonds is 12. The molecule has 45 heavy (non-hydrogen) atoms. The summed E-state index contributed by atoms with van der Waals surface area (Å²) in [4.78, 5) is 24.9. The smallest absolute Gasteiger partial charge is 0.302 e. The zero-order valence-electron chi connectivity index (χ0n) is 28.8. The Morgan fingerprint density at radius 1 is 0.933 bits per heavy atom. The topological polar surface area (TPSA) is 145 Å². The molecular formula is C36H65N2O7+. The maximum atomic E-state index is 12.5. The molecule has 7 unspecified atom stereocenters. The Bertz CT molecular complexity index is 933. The molecule has 0 amide bonds. The average Bonchev–Trinajstić information content (AvgIpc) is 2.97. The minimum absolute atomic E-state index is 0.0984. The largest absolute Gasteiger partial charge is 0.462 e. The van der Waals surface area contributed by atoms with Crippen LogP contribution in [-0.2, 0) is 23.8 Å². The molecular weight excluding hydrogens is 572 g/mol. The fraction of sp³-hybridized carbons (Fsp3) is 0.944. The lowest BCUT2D eigenvalue weighted by molar-refractivity contribution is -0.699. The highest BCUT2D eigenvalue weighted by Crippen LogP contribution is 2.48. The molecule has 260 valence electrons. The van der Waals surface area contributed by atoms with Gasteiger partial charge in [-0.1, -0.05) is 20.3 Å². The summed E-state index contributed by atoms with van der Waals surface area (Å²) >= 11 is 0. The summed E-state index contributed by atoms with van der Waals surface area (Å²) in [7, 11) is 1.68. The minimum atomic E-state index is -0.483. The second kappa shape index (κ2) is 17.2. The minimum Gasteiger partial charge on any atom is -0.462 e. The summed E-state index contributed by atoms with van der Waals surface area (Å²) in [6, 6.07) is 0. The van der Waals surface area contributed by atoms with Crippen LogP contribution in [0.5, 0.6) is 0 Å². The van der Waals surface area contributed by atoms with E-state index in [1.165, 1.54) is 33.1 Å². The van der Waals surface area contributed by atoms with E-state index in [0.29, 0.717) is 60.7 Å². The number of methoxy groups -OCH3 is 1. The van der Waals surface area contributed by atoms with Gasteiger partial charge in [0.25, 0.3) is 0 Å². The first kappa shape index (κ1) is 36.6. The van der Waals surface area contributed by atoms with E-state index in [-0.39, 0.29) is 54.9 Å². The van der Waals surface area contributed by atoms with Crippen LogP contribution < -0.4 is 11.1 Å². The maximum Gasteiger partial charge on any atom is 0.302 e.